The predicted octanol–water partition coefficient (Wildman–Crippen LogP) is 3.30. The largest absolute Gasteiger partial charge is 0.357 e. The lowest BCUT2D eigenvalue weighted by Crippen LogP contribution is -2.22. The number of thioether (sulfide) groups is 1. The molecular weight excluding hydrogens is 229 g/mol. The highest BCUT2D eigenvalue weighted by Gasteiger charge is 2.15. The Bertz CT molecular complexity index is 344. The number of hydrogen-bond acceptors (Lipinski definition) is 2. The summed E-state index contributed by atoms with van der Waals surface area (Å²) in [6, 6.07) is 6.47. The van der Waals surface area contributed by atoms with Gasteiger partial charge >= 0.3 is 0 Å². The minimum atomic E-state index is -0.202. The molecule has 15 heavy (non-hydrogen) atoms. The molecule has 0 unspecified atom stereocenters. The van der Waals surface area contributed by atoms with Crippen molar-refractivity contribution < 1.29 is 4.39 Å². The van der Waals surface area contributed by atoms with Crippen molar-refractivity contribution in [1.29, 1.82) is 0 Å². The molecule has 1 heterocycles. The lowest BCUT2D eigenvalue weighted by Gasteiger charge is -2.17. The number of likely N-dealkylation sites (tertiary alicyclic amines) is 1. The predicted molar refractivity (Wildman–Crippen MR) is 65.7 cm³/mol. The maximum absolute atomic E-state index is 12.7. The Hall–Kier alpha value is -0.610. The van der Waals surface area contributed by atoms with Gasteiger partial charge in [0.05, 0.1) is 0 Å². The Morgan fingerprint density at radius 3 is 2.40 bits per heavy atom. The van der Waals surface area contributed by atoms with Crippen LogP contribution in [-0.4, -0.2) is 22.3 Å². The van der Waals surface area contributed by atoms with Gasteiger partial charge < -0.3 is 4.90 Å². The standard InChI is InChI=1S/C11H12FNS2/c12-9-3-5-10(6-4-9)15-11(14)13-7-1-2-8-13/h3-6H,1-2,7-8H2. The zero-order valence-corrected chi connectivity index (χ0v) is 9.91. The Balaban J connectivity index is 1.96. The molecule has 80 valence electrons. The Morgan fingerprint density at radius 2 is 1.80 bits per heavy atom. The first kappa shape index (κ1) is 10.9. The molecule has 0 atom stereocenters. The van der Waals surface area contributed by atoms with Crippen LogP contribution in [0.1, 0.15) is 12.8 Å². The fraction of sp³-hybridized carbons (Fsp3) is 0.364. The van der Waals surface area contributed by atoms with Crippen LogP contribution in [0.25, 0.3) is 0 Å². The maximum atomic E-state index is 12.7. The van der Waals surface area contributed by atoms with E-state index in [0.717, 1.165) is 22.3 Å². The molecule has 0 bridgehead atoms. The fourth-order valence-electron chi connectivity index (χ4n) is 1.57. The molecule has 0 saturated carbocycles. The van der Waals surface area contributed by atoms with E-state index in [0.29, 0.717) is 0 Å². The third kappa shape index (κ3) is 2.92. The van der Waals surface area contributed by atoms with Crippen LogP contribution < -0.4 is 0 Å². The number of nitrogens with zero attached hydrogens (tertiary/aromatic N) is 1. The molecule has 0 N–H and O–H groups in total. The van der Waals surface area contributed by atoms with Gasteiger partial charge in [-0.1, -0.05) is 24.0 Å². The molecule has 2 rings (SSSR count). The second-order valence-corrected chi connectivity index (χ2v) is 5.22. The number of halogens is 1. The SMILES string of the molecule is Fc1ccc(SC(=S)N2CCCC2)cc1. The molecule has 1 aliphatic heterocycles. The molecular formula is C11H12FNS2. The molecule has 0 aliphatic carbocycles. The van der Waals surface area contributed by atoms with Gasteiger partial charge in [-0.15, -0.1) is 0 Å². The summed E-state index contributed by atoms with van der Waals surface area (Å²) in [6.45, 7) is 2.13. The van der Waals surface area contributed by atoms with Crippen LogP contribution in [0.3, 0.4) is 0 Å². The third-order valence-electron chi connectivity index (χ3n) is 2.38. The summed E-state index contributed by atoms with van der Waals surface area (Å²) in [7, 11) is 0. The Labute approximate surface area is 98.7 Å². The van der Waals surface area contributed by atoms with Crippen LogP contribution in [0.5, 0.6) is 0 Å². The van der Waals surface area contributed by atoms with Gasteiger partial charge in [-0.3, -0.25) is 0 Å². The van der Waals surface area contributed by atoms with Crippen LogP contribution in [0.15, 0.2) is 29.2 Å². The summed E-state index contributed by atoms with van der Waals surface area (Å²) in [4.78, 5) is 3.22. The second kappa shape index (κ2) is 4.94. The monoisotopic (exact) mass is 241 g/mol. The van der Waals surface area contributed by atoms with Gasteiger partial charge in [-0.05, 0) is 37.1 Å². The molecule has 0 spiro atoms. The van der Waals surface area contributed by atoms with Gasteiger partial charge in [0.1, 0.15) is 10.1 Å². The highest BCUT2D eigenvalue weighted by Crippen LogP contribution is 2.24. The fourth-order valence-corrected chi connectivity index (χ4v) is 2.82. The van der Waals surface area contributed by atoms with E-state index in [1.165, 1.54) is 25.0 Å². The molecule has 1 nitrogen and oxygen atoms in total. The molecule has 1 fully saturated rings. The van der Waals surface area contributed by atoms with Gasteiger partial charge in [-0.25, -0.2) is 4.39 Å². The van der Waals surface area contributed by atoms with Gasteiger partial charge in [0, 0.05) is 18.0 Å². The number of thiocarbonyl (C=S) groups is 1. The first-order chi connectivity index (χ1) is 7.25. The van der Waals surface area contributed by atoms with E-state index in [-0.39, 0.29) is 5.82 Å². The van der Waals surface area contributed by atoms with Crippen molar-refractivity contribution in [2.45, 2.75) is 17.7 Å². The molecule has 0 amide bonds. The number of rotatable bonds is 1. The number of hydrogen-bond donors (Lipinski definition) is 0. The highest BCUT2D eigenvalue weighted by atomic mass is 32.2. The minimum absolute atomic E-state index is 0.202. The third-order valence-corrected chi connectivity index (χ3v) is 3.83. The van der Waals surface area contributed by atoms with Crippen LogP contribution in [-0.2, 0) is 0 Å². The van der Waals surface area contributed by atoms with E-state index >= 15 is 0 Å². The van der Waals surface area contributed by atoms with Crippen molar-refractivity contribution >= 4 is 28.3 Å². The van der Waals surface area contributed by atoms with Crippen LogP contribution in [0, 0.1) is 5.82 Å². The second-order valence-electron chi connectivity index (χ2n) is 3.52. The summed E-state index contributed by atoms with van der Waals surface area (Å²) in [5, 5.41) is 0. The van der Waals surface area contributed by atoms with E-state index in [1.807, 2.05) is 0 Å². The average molecular weight is 241 g/mol. The van der Waals surface area contributed by atoms with Crippen molar-refractivity contribution in [2.24, 2.45) is 0 Å². The van der Waals surface area contributed by atoms with E-state index in [1.54, 1.807) is 23.9 Å². The summed E-state index contributed by atoms with van der Waals surface area (Å²) >= 11 is 6.86. The molecule has 4 heteroatoms. The van der Waals surface area contributed by atoms with Crippen LogP contribution in [0.2, 0.25) is 0 Å². The summed E-state index contributed by atoms with van der Waals surface area (Å²) in [5.41, 5.74) is 0. The summed E-state index contributed by atoms with van der Waals surface area (Å²) < 4.78 is 13.6. The first-order valence-corrected chi connectivity index (χ1v) is 6.20. The van der Waals surface area contributed by atoms with Gasteiger partial charge in [0.15, 0.2) is 0 Å². The highest BCUT2D eigenvalue weighted by molar-refractivity contribution is 8.22. The van der Waals surface area contributed by atoms with E-state index < -0.39 is 0 Å². The van der Waals surface area contributed by atoms with Crippen molar-refractivity contribution in [1.82, 2.24) is 4.90 Å². The van der Waals surface area contributed by atoms with Crippen molar-refractivity contribution in [3.05, 3.63) is 30.1 Å². The molecule has 1 saturated heterocycles. The molecule has 1 aromatic rings. The average Bonchev–Trinajstić information content (AvgIpc) is 2.74. The minimum Gasteiger partial charge on any atom is -0.357 e. The Kier molecular flexibility index (Phi) is 3.59. The lowest BCUT2D eigenvalue weighted by atomic mass is 10.4. The van der Waals surface area contributed by atoms with Crippen molar-refractivity contribution in [2.75, 3.05) is 13.1 Å². The van der Waals surface area contributed by atoms with Gasteiger partial charge in [0.2, 0.25) is 0 Å². The number of benzene rings is 1. The molecule has 0 aromatic heterocycles. The van der Waals surface area contributed by atoms with Crippen molar-refractivity contribution in [3.8, 4) is 0 Å². The smallest absolute Gasteiger partial charge is 0.141 e. The van der Waals surface area contributed by atoms with Gasteiger partial charge in [-0.2, -0.15) is 0 Å². The topological polar surface area (TPSA) is 3.24 Å². The van der Waals surface area contributed by atoms with E-state index in [9.17, 15) is 4.39 Å². The Morgan fingerprint density at radius 1 is 1.20 bits per heavy atom. The van der Waals surface area contributed by atoms with Gasteiger partial charge in [0.25, 0.3) is 0 Å². The zero-order valence-electron chi connectivity index (χ0n) is 8.28. The van der Waals surface area contributed by atoms with Crippen LogP contribution in [0.4, 0.5) is 4.39 Å². The molecule has 1 aliphatic rings. The first-order valence-electron chi connectivity index (χ1n) is 4.98. The zero-order chi connectivity index (χ0) is 10.7. The lowest BCUT2D eigenvalue weighted by molar-refractivity contribution is 0.539. The summed E-state index contributed by atoms with van der Waals surface area (Å²) in [6.07, 6.45) is 2.45. The van der Waals surface area contributed by atoms with Crippen molar-refractivity contribution in [3.63, 3.8) is 0 Å². The normalized spacial score (nSPS) is 15.7. The van der Waals surface area contributed by atoms with Crippen LogP contribution >= 0.6 is 24.0 Å². The van der Waals surface area contributed by atoms with E-state index in [4.69, 9.17) is 12.2 Å². The summed E-state index contributed by atoms with van der Waals surface area (Å²) in [5.74, 6) is -0.202. The molecule has 1 aromatic carbocycles. The van der Waals surface area contributed by atoms with E-state index in [2.05, 4.69) is 4.90 Å². The quantitative estimate of drug-likeness (QED) is 0.548. The maximum Gasteiger partial charge on any atom is 0.141 e. The molecule has 0 radical (unpaired) electrons.